The molecule has 3 rings (SSSR count). The van der Waals surface area contributed by atoms with Crippen LogP contribution in [0.3, 0.4) is 0 Å². The average Bonchev–Trinajstić information content (AvgIpc) is 3.11. The lowest BCUT2D eigenvalue weighted by molar-refractivity contribution is 0.0602. The number of aromatic nitrogens is 1. The molecule has 2 heterocycles. The molecule has 0 bridgehead atoms. The third kappa shape index (κ3) is 4.25. The molecule has 10 heteroatoms. The number of pyridine rings is 1. The number of nitrogens with zero attached hydrogens (tertiary/aromatic N) is 1. The monoisotopic (exact) mass is 417 g/mol. The van der Waals surface area contributed by atoms with Crippen molar-refractivity contribution in [2.45, 2.75) is 4.90 Å². The third-order valence-corrected chi connectivity index (χ3v) is 5.76. The van der Waals surface area contributed by atoms with E-state index in [0.29, 0.717) is 0 Å². The van der Waals surface area contributed by atoms with Gasteiger partial charge in [0.25, 0.3) is 5.91 Å². The van der Waals surface area contributed by atoms with E-state index in [1.165, 1.54) is 42.7 Å². The first-order valence-electron chi connectivity index (χ1n) is 7.86. The lowest BCUT2D eigenvalue weighted by Crippen LogP contribution is -2.16. The van der Waals surface area contributed by atoms with Crippen molar-refractivity contribution >= 4 is 38.2 Å². The van der Waals surface area contributed by atoms with Crippen LogP contribution in [-0.2, 0) is 14.8 Å². The van der Waals surface area contributed by atoms with Crippen molar-refractivity contribution in [2.24, 2.45) is 5.14 Å². The van der Waals surface area contributed by atoms with Crippen molar-refractivity contribution in [1.82, 2.24) is 4.98 Å². The molecule has 0 atom stereocenters. The summed E-state index contributed by atoms with van der Waals surface area (Å²) in [5.41, 5.74) is 1.10. The number of anilines is 1. The molecule has 3 aromatic rings. The first-order chi connectivity index (χ1) is 13.3. The van der Waals surface area contributed by atoms with Gasteiger partial charge in [0, 0.05) is 22.8 Å². The van der Waals surface area contributed by atoms with Gasteiger partial charge in [0.05, 0.1) is 17.6 Å². The van der Waals surface area contributed by atoms with E-state index in [4.69, 9.17) is 9.88 Å². The maximum absolute atomic E-state index is 12.6. The molecule has 144 valence electrons. The largest absolute Gasteiger partial charge is 0.465 e. The summed E-state index contributed by atoms with van der Waals surface area (Å²) in [6.45, 7) is 0. The summed E-state index contributed by atoms with van der Waals surface area (Å²) < 4.78 is 27.8. The molecular weight excluding hydrogens is 402 g/mol. The van der Waals surface area contributed by atoms with Gasteiger partial charge < -0.3 is 10.1 Å². The number of ether oxygens (including phenoxy) is 1. The highest BCUT2D eigenvalue weighted by Gasteiger charge is 2.20. The molecule has 0 aliphatic carbocycles. The SMILES string of the molecule is COC(=O)c1cc(-c2ccncc2)sc1NC(=O)c1cccc(S(N)(=O)=O)c1. The predicted molar refractivity (Wildman–Crippen MR) is 105 cm³/mol. The van der Waals surface area contributed by atoms with Crippen molar-refractivity contribution in [1.29, 1.82) is 0 Å². The molecule has 0 unspecified atom stereocenters. The molecule has 0 spiro atoms. The van der Waals surface area contributed by atoms with Gasteiger partial charge in [0.1, 0.15) is 5.00 Å². The number of thiophene rings is 1. The van der Waals surface area contributed by atoms with Gasteiger partial charge in [-0.05, 0) is 42.0 Å². The van der Waals surface area contributed by atoms with Crippen LogP contribution in [0.1, 0.15) is 20.7 Å². The van der Waals surface area contributed by atoms with Crippen molar-refractivity contribution in [3.05, 3.63) is 66.0 Å². The number of primary sulfonamides is 1. The number of hydrogen-bond acceptors (Lipinski definition) is 7. The molecule has 28 heavy (non-hydrogen) atoms. The summed E-state index contributed by atoms with van der Waals surface area (Å²) >= 11 is 1.19. The number of nitrogens with two attached hydrogens (primary N) is 1. The first-order valence-corrected chi connectivity index (χ1v) is 10.2. The van der Waals surface area contributed by atoms with E-state index in [9.17, 15) is 18.0 Å². The zero-order chi connectivity index (χ0) is 20.3. The van der Waals surface area contributed by atoms with Crippen molar-refractivity contribution < 1.29 is 22.7 Å². The standard InChI is InChI=1S/C18H15N3O5S2/c1-26-18(23)14-10-15(11-5-7-20-8-6-11)27-17(14)21-16(22)12-3-2-4-13(9-12)28(19,24)25/h2-10H,1H3,(H,21,22)(H2,19,24,25). The number of carbonyl (C=O) groups is 2. The summed E-state index contributed by atoms with van der Waals surface area (Å²) in [4.78, 5) is 29.2. The number of esters is 1. The summed E-state index contributed by atoms with van der Waals surface area (Å²) in [5.74, 6) is -1.19. The van der Waals surface area contributed by atoms with E-state index in [2.05, 4.69) is 10.3 Å². The smallest absolute Gasteiger partial charge is 0.340 e. The van der Waals surface area contributed by atoms with Gasteiger partial charge in [-0.3, -0.25) is 9.78 Å². The fourth-order valence-electron chi connectivity index (χ4n) is 2.39. The van der Waals surface area contributed by atoms with Crippen LogP contribution in [0.5, 0.6) is 0 Å². The van der Waals surface area contributed by atoms with Crippen molar-refractivity contribution in [3.8, 4) is 10.4 Å². The maximum Gasteiger partial charge on any atom is 0.340 e. The second kappa shape index (κ2) is 7.89. The number of sulfonamides is 1. The Balaban J connectivity index is 1.96. The Hall–Kier alpha value is -3.08. The maximum atomic E-state index is 12.6. The fourth-order valence-corrected chi connectivity index (χ4v) is 4.00. The van der Waals surface area contributed by atoms with Crippen molar-refractivity contribution in [3.63, 3.8) is 0 Å². The Labute approximate surface area is 165 Å². The normalized spacial score (nSPS) is 11.1. The lowest BCUT2D eigenvalue weighted by Gasteiger charge is -2.06. The Morgan fingerprint density at radius 1 is 1.14 bits per heavy atom. The second-order valence-electron chi connectivity index (χ2n) is 5.61. The minimum atomic E-state index is -3.95. The average molecular weight is 417 g/mol. The highest BCUT2D eigenvalue weighted by Crippen LogP contribution is 2.36. The topological polar surface area (TPSA) is 128 Å². The van der Waals surface area contributed by atoms with Crippen molar-refractivity contribution in [2.75, 3.05) is 12.4 Å². The van der Waals surface area contributed by atoms with Gasteiger partial charge >= 0.3 is 5.97 Å². The van der Waals surface area contributed by atoms with Gasteiger partial charge in [-0.15, -0.1) is 11.3 Å². The molecule has 0 radical (unpaired) electrons. The van der Waals surface area contributed by atoms with Crippen LogP contribution >= 0.6 is 11.3 Å². The Morgan fingerprint density at radius 3 is 2.50 bits per heavy atom. The quantitative estimate of drug-likeness (QED) is 0.614. The van der Waals surface area contributed by atoms with E-state index < -0.39 is 21.9 Å². The van der Waals surface area contributed by atoms with E-state index in [1.807, 2.05) is 0 Å². The van der Waals surface area contributed by atoms with E-state index in [1.54, 1.807) is 30.6 Å². The van der Waals surface area contributed by atoms with Gasteiger partial charge in [-0.1, -0.05) is 6.07 Å². The number of hydrogen-bond donors (Lipinski definition) is 2. The van der Waals surface area contributed by atoms with Crippen LogP contribution in [0.25, 0.3) is 10.4 Å². The molecule has 0 saturated carbocycles. The molecule has 2 aromatic heterocycles. The molecule has 3 N–H and O–H groups in total. The van der Waals surface area contributed by atoms with Crippen LogP contribution in [-0.4, -0.2) is 32.4 Å². The summed E-state index contributed by atoms with van der Waals surface area (Å²) in [5, 5.41) is 8.02. The van der Waals surface area contributed by atoms with E-state index >= 15 is 0 Å². The summed E-state index contributed by atoms with van der Waals surface area (Å²) in [6.07, 6.45) is 3.23. The summed E-state index contributed by atoms with van der Waals surface area (Å²) in [6, 6.07) is 10.5. The number of amides is 1. The number of rotatable bonds is 5. The summed E-state index contributed by atoms with van der Waals surface area (Å²) in [7, 11) is -2.70. The van der Waals surface area contributed by atoms with Gasteiger partial charge in [0.2, 0.25) is 10.0 Å². The first kappa shape index (κ1) is 19.7. The van der Waals surface area contributed by atoms with Crippen LogP contribution in [0.15, 0.2) is 59.8 Å². The minimum absolute atomic E-state index is 0.0844. The van der Waals surface area contributed by atoms with Gasteiger partial charge in [-0.25, -0.2) is 18.4 Å². The van der Waals surface area contributed by atoms with Gasteiger partial charge in [0.15, 0.2) is 0 Å². The molecule has 0 fully saturated rings. The molecule has 0 saturated heterocycles. The molecule has 1 aromatic carbocycles. The Morgan fingerprint density at radius 2 is 1.86 bits per heavy atom. The zero-order valence-electron chi connectivity index (χ0n) is 14.6. The highest BCUT2D eigenvalue weighted by molar-refractivity contribution is 7.89. The molecule has 8 nitrogen and oxygen atoms in total. The van der Waals surface area contributed by atoms with Gasteiger partial charge in [-0.2, -0.15) is 0 Å². The van der Waals surface area contributed by atoms with Crippen LogP contribution in [0, 0.1) is 0 Å². The Bertz CT molecular complexity index is 1140. The van der Waals surface area contributed by atoms with Crippen LogP contribution in [0.2, 0.25) is 0 Å². The molecule has 0 aliphatic rings. The molecule has 1 amide bonds. The zero-order valence-corrected chi connectivity index (χ0v) is 16.2. The number of nitrogens with one attached hydrogen (secondary N) is 1. The molecular formula is C18H15N3O5S2. The minimum Gasteiger partial charge on any atom is -0.465 e. The highest BCUT2D eigenvalue weighted by atomic mass is 32.2. The third-order valence-electron chi connectivity index (χ3n) is 3.75. The predicted octanol–water partition coefficient (Wildman–Crippen LogP) is 2.50. The second-order valence-corrected chi connectivity index (χ2v) is 8.22. The van der Waals surface area contributed by atoms with E-state index in [0.717, 1.165) is 10.4 Å². The Kier molecular flexibility index (Phi) is 5.54. The number of carbonyl (C=O) groups excluding carboxylic acids is 2. The fraction of sp³-hybridized carbons (Fsp3) is 0.0556. The van der Waals surface area contributed by atoms with E-state index in [-0.39, 0.29) is 21.0 Å². The number of methoxy groups -OCH3 is 1. The lowest BCUT2D eigenvalue weighted by atomic mass is 10.2. The number of benzene rings is 1. The molecule has 0 aliphatic heterocycles. The van der Waals surface area contributed by atoms with Crippen LogP contribution < -0.4 is 10.5 Å². The van der Waals surface area contributed by atoms with Crippen LogP contribution in [0.4, 0.5) is 5.00 Å².